The molecule has 36 heavy (non-hydrogen) atoms. The highest BCUT2D eigenvalue weighted by Crippen LogP contribution is 2.35. The fourth-order valence-corrected chi connectivity index (χ4v) is 6.85. The zero-order valence-electron chi connectivity index (χ0n) is 20.9. The van der Waals surface area contributed by atoms with Crippen molar-refractivity contribution in [2.45, 2.75) is 28.5 Å². The number of piperazine rings is 1. The molecule has 0 aliphatic carbocycles. The Kier molecular flexibility index (Phi) is 7.85. The second-order valence-electron chi connectivity index (χ2n) is 9.25. The molecule has 0 aromatic heterocycles. The molecule has 1 fully saturated rings. The van der Waals surface area contributed by atoms with Gasteiger partial charge in [-0.3, -0.25) is 4.90 Å². The number of anilines is 1. The number of hydrogen-bond acceptors (Lipinski definition) is 6. The van der Waals surface area contributed by atoms with Crippen molar-refractivity contribution in [3.63, 3.8) is 0 Å². The molecule has 192 valence electrons. The van der Waals surface area contributed by atoms with Gasteiger partial charge >= 0.3 is 0 Å². The van der Waals surface area contributed by atoms with Crippen LogP contribution in [0.2, 0.25) is 0 Å². The van der Waals surface area contributed by atoms with Crippen LogP contribution in [0.1, 0.15) is 23.3 Å². The molecule has 1 heterocycles. The van der Waals surface area contributed by atoms with Crippen molar-refractivity contribution >= 4 is 25.5 Å². The summed E-state index contributed by atoms with van der Waals surface area (Å²) in [5.41, 5.74) is 2.97. The molecule has 0 bridgehead atoms. The number of sulfonamides is 1. The van der Waals surface area contributed by atoms with E-state index in [1.54, 1.807) is 6.92 Å². The summed E-state index contributed by atoms with van der Waals surface area (Å²) in [5, 5.41) is -0.785. The molecule has 4 rings (SSSR count). The van der Waals surface area contributed by atoms with E-state index in [0.717, 1.165) is 48.3 Å². The van der Waals surface area contributed by atoms with E-state index in [4.69, 9.17) is 0 Å². The minimum atomic E-state index is -3.73. The predicted octanol–water partition coefficient (Wildman–Crippen LogP) is 3.79. The van der Waals surface area contributed by atoms with E-state index in [9.17, 15) is 16.8 Å². The quantitative estimate of drug-likeness (QED) is 0.444. The smallest absolute Gasteiger partial charge is 0.242 e. The van der Waals surface area contributed by atoms with Crippen LogP contribution in [0.3, 0.4) is 0 Å². The first kappa shape index (κ1) is 26.3. The van der Waals surface area contributed by atoms with Gasteiger partial charge < -0.3 is 4.90 Å². The Balaban J connectivity index is 1.52. The second kappa shape index (κ2) is 10.7. The number of benzene rings is 3. The summed E-state index contributed by atoms with van der Waals surface area (Å²) in [7, 11) is -4.47. The van der Waals surface area contributed by atoms with Crippen molar-refractivity contribution in [2.24, 2.45) is 0 Å². The molecule has 7 nitrogen and oxygen atoms in total. The highest BCUT2D eigenvalue weighted by atomic mass is 32.2. The lowest BCUT2D eigenvalue weighted by Gasteiger charge is -2.37. The minimum Gasteiger partial charge on any atom is -0.369 e. The van der Waals surface area contributed by atoms with E-state index in [0.29, 0.717) is 0 Å². The van der Waals surface area contributed by atoms with E-state index in [1.165, 1.54) is 43.9 Å². The van der Waals surface area contributed by atoms with Gasteiger partial charge in [0.15, 0.2) is 9.84 Å². The molecule has 0 radical (unpaired) electrons. The molecule has 1 aliphatic heterocycles. The van der Waals surface area contributed by atoms with Crippen LogP contribution in [0, 0.1) is 0 Å². The fourth-order valence-electron chi connectivity index (χ4n) is 4.49. The number of sulfone groups is 1. The minimum absolute atomic E-state index is 0.0628. The van der Waals surface area contributed by atoms with E-state index < -0.39 is 25.1 Å². The van der Waals surface area contributed by atoms with Gasteiger partial charge in [0.1, 0.15) is 0 Å². The second-order valence-corrected chi connectivity index (χ2v) is 13.7. The van der Waals surface area contributed by atoms with Gasteiger partial charge in [0.05, 0.1) is 15.0 Å². The Morgan fingerprint density at radius 3 is 1.92 bits per heavy atom. The van der Waals surface area contributed by atoms with Crippen LogP contribution in [0.5, 0.6) is 0 Å². The molecular formula is C27H33N3O4S2. The highest BCUT2D eigenvalue weighted by Gasteiger charge is 2.29. The summed E-state index contributed by atoms with van der Waals surface area (Å²) in [6, 6.07) is 23.5. The molecule has 3 aromatic rings. The van der Waals surface area contributed by atoms with Crippen LogP contribution in [0.15, 0.2) is 88.7 Å². The molecule has 0 amide bonds. The maximum atomic E-state index is 13.5. The number of hydrogen-bond donors (Lipinski definition) is 0. The van der Waals surface area contributed by atoms with Crippen molar-refractivity contribution in [1.29, 1.82) is 0 Å². The van der Waals surface area contributed by atoms with E-state index in [-0.39, 0.29) is 9.79 Å². The van der Waals surface area contributed by atoms with Crippen LogP contribution in [0.25, 0.3) is 0 Å². The molecule has 3 aromatic carbocycles. The van der Waals surface area contributed by atoms with Crippen LogP contribution >= 0.6 is 0 Å². The molecule has 0 saturated carbocycles. The van der Waals surface area contributed by atoms with Crippen LogP contribution < -0.4 is 4.90 Å². The third kappa shape index (κ3) is 5.49. The standard InChI is InChI=1S/C27H33N3O4S2/c1-22(35(31,32)24-13-15-25(16-14-24)36(33,34)28(2)3)26-11-7-8-12-27(26)30-19-17-29(18-20-30)21-23-9-5-4-6-10-23/h4-16,22H,17-21H2,1-3H3. The number of nitrogens with zero attached hydrogens (tertiary/aromatic N) is 3. The van der Waals surface area contributed by atoms with E-state index in [2.05, 4.69) is 34.1 Å². The first-order valence-electron chi connectivity index (χ1n) is 12.0. The van der Waals surface area contributed by atoms with Gasteiger partial charge in [-0.05, 0) is 48.4 Å². The van der Waals surface area contributed by atoms with E-state index >= 15 is 0 Å². The van der Waals surface area contributed by atoms with Crippen molar-refractivity contribution in [3.8, 4) is 0 Å². The lowest BCUT2D eigenvalue weighted by molar-refractivity contribution is 0.250. The normalized spacial score (nSPS) is 16.3. The summed E-state index contributed by atoms with van der Waals surface area (Å²) in [6.45, 7) is 6.02. The summed E-state index contributed by atoms with van der Waals surface area (Å²) in [5.74, 6) is 0. The number of para-hydroxylation sites is 1. The average molecular weight is 528 g/mol. The topological polar surface area (TPSA) is 78.0 Å². The van der Waals surface area contributed by atoms with Crippen LogP contribution in [0.4, 0.5) is 5.69 Å². The van der Waals surface area contributed by atoms with Crippen molar-refractivity contribution in [1.82, 2.24) is 9.21 Å². The summed E-state index contributed by atoms with van der Waals surface area (Å²) >= 11 is 0. The van der Waals surface area contributed by atoms with E-state index in [1.807, 2.05) is 30.3 Å². The molecule has 9 heteroatoms. The molecule has 1 unspecified atom stereocenters. The van der Waals surface area contributed by atoms with Gasteiger partial charge in [-0.2, -0.15) is 0 Å². The van der Waals surface area contributed by atoms with Crippen LogP contribution in [-0.2, 0) is 26.4 Å². The lowest BCUT2D eigenvalue weighted by atomic mass is 10.1. The first-order chi connectivity index (χ1) is 17.1. The summed E-state index contributed by atoms with van der Waals surface area (Å²) < 4.78 is 52.9. The third-order valence-electron chi connectivity index (χ3n) is 6.73. The Labute approximate surface area is 214 Å². The summed E-state index contributed by atoms with van der Waals surface area (Å²) in [4.78, 5) is 4.84. The van der Waals surface area contributed by atoms with Crippen molar-refractivity contribution in [3.05, 3.63) is 90.0 Å². The Hall–Kier alpha value is -2.72. The van der Waals surface area contributed by atoms with Gasteiger partial charge in [-0.1, -0.05) is 48.5 Å². The molecule has 1 aliphatic rings. The summed E-state index contributed by atoms with van der Waals surface area (Å²) in [6.07, 6.45) is 0. The van der Waals surface area contributed by atoms with Gasteiger partial charge in [-0.25, -0.2) is 21.1 Å². The Bertz CT molecular complexity index is 1380. The first-order valence-corrected chi connectivity index (χ1v) is 15.0. The van der Waals surface area contributed by atoms with Crippen molar-refractivity contribution < 1.29 is 16.8 Å². The maximum Gasteiger partial charge on any atom is 0.242 e. The predicted molar refractivity (Wildman–Crippen MR) is 143 cm³/mol. The molecule has 0 spiro atoms. The fraction of sp³-hybridized carbons (Fsp3) is 0.333. The van der Waals surface area contributed by atoms with Gasteiger partial charge in [0.25, 0.3) is 0 Å². The lowest BCUT2D eigenvalue weighted by Crippen LogP contribution is -2.46. The third-order valence-corrected chi connectivity index (χ3v) is 10.7. The zero-order chi connectivity index (χ0) is 25.9. The maximum absolute atomic E-state index is 13.5. The SMILES string of the molecule is CC(c1ccccc1N1CCN(Cc2ccccc2)CC1)S(=O)(=O)c1ccc(S(=O)(=O)N(C)C)cc1. The Morgan fingerprint density at radius 2 is 1.31 bits per heavy atom. The van der Waals surface area contributed by atoms with Gasteiger partial charge in [0, 0.05) is 52.5 Å². The van der Waals surface area contributed by atoms with Crippen LogP contribution in [-0.4, -0.2) is 66.3 Å². The zero-order valence-corrected chi connectivity index (χ0v) is 22.5. The monoisotopic (exact) mass is 527 g/mol. The number of rotatable bonds is 8. The largest absolute Gasteiger partial charge is 0.369 e. The molecule has 1 atom stereocenters. The molecule has 0 N–H and O–H groups in total. The highest BCUT2D eigenvalue weighted by molar-refractivity contribution is 7.91. The average Bonchev–Trinajstić information content (AvgIpc) is 2.89. The van der Waals surface area contributed by atoms with Gasteiger partial charge in [-0.15, -0.1) is 0 Å². The van der Waals surface area contributed by atoms with Crippen molar-refractivity contribution in [2.75, 3.05) is 45.2 Å². The van der Waals surface area contributed by atoms with Gasteiger partial charge in [0.2, 0.25) is 10.0 Å². The molecular weight excluding hydrogens is 494 g/mol. The Morgan fingerprint density at radius 1 is 0.750 bits per heavy atom. The molecule has 1 saturated heterocycles.